The molecule has 1 unspecified atom stereocenters. The lowest BCUT2D eigenvalue weighted by Crippen LogP contribution is -2.49. The molecule has 0 aromatic carbocycles. The Labute approximate surface area is 154 Å². The third kappa shape index (κ3) is 3.64. The minimum atomic E-state index is -0.640. The molecule has 6 heteroatoms. The van der Waals surface area contributed by atoms with E-state index in [1.807, 2.05) is 38.3 Å². The van der Waals surface area contributed by atoms with Crippen molar-refractivity contribution >= 4 is 6.08 Å². The fourth-order valence-corrected chi connectivity index (χ4v) is 4.16. The van der Waals surface area contributed by atoms with E-state index in [-0.39, 0.29) is 12.1 Å². The first kappa shape index (κ1) is 17.9. The zero-order valence-corrected chi connectivity index (χ0v) is 15.5. The van der Waals surface area contributed by atoms with Crippen LogP contribution in [0.15, 0.2) is 30.3 Å². The molecule has 4 heterocycles. The second-order valence-corrected chi connectivity index (χ2v) is 7.81. The summed E-state index contributed by atoms with van der Waals surface area (Å²) in [5.41, 5.74) is 0.973. The van der Waals surface area contributed by atoms with Crippen molar-refractivity contribution in [2.45, 2.75) is 63.3 Å². The average Bonchev–Trinajstić information content (AvgIpc) is 3.16. The Morgan fingerprint density at radius 3 is 2.73 bits per heavy atom. The second kappa shape index (κ2) is 7.27. The Morgan fingerprint density at radius 1 is 1.27 bits per heavy atom. The van der Waals surface area contributed by atoms with Crippen LogP contribution in [0.2, 0.25) is 0 Å². The lowest BCUT2D eigenvalue weighted by molar-refractivity contribution is -0.156. The number of ether oxygens (including phenoxy) is 3. The highest BCUT2D eigenvalue weighted by molar-refractivity contribution is 5.52. The molecule has 0 radical (unpaired) electrons. The number of pyridine rings is 1. The largest absolute Gasteiger partial charge is 0.487 e. The third-order valence-corrected chi connectivity index (χ3v) is 5.40. The summed E-state index contributed by atoms with van der Waals surface area (Å²) in [6.45, 7) is 6.18. The Hall–Kier alpha value is -1.47. The predicted octanol–water partition coefficient (Wildman–Crippen LogP) is 2.19. The summed E-state index contributed by atoms with van der Waals surface area (Å²) in [6.07, 6.45) is 7.78. The molecule has 3 saturated heterocycles. The van der Waals surface area contributed by atoms with Crippen LogP contribution in [0.25, 0.3) is 6.08 Å². The van der Waals surface area contributed by atoms with Crippen molar-refractivity contribution < 1.29 is 19.3 Å². The second-order valence-electron chi connectivity index (χ2n) is 7.81. The number of rotatable bonds is 3. The van der Waals surface area contributed by atoms with Crippen LogP contribution in [0.1, 0.15) is 38.7 Å². The average molecular weight is 360 g/mol. The van der Waals surface area contributed by atoms with Gasteiger partial charge in [0.1, 0.15) is 18.0 Å². The number of aliphatic hydroxyl groups is 1. The van der Waals surface area contributed by atoms with Gasteiger partial charge in [-0.3, -0.25) is 9.88 Å². The quantitative estimate of drug-likeness (QED) is 0.891. The summed E-state index contributed by atoms with van der Waals surface area (Å²) in [6, 6.07) is 3.75. The maximum Gasteiger partial charge on any atom is 0.163 e. The maximum absolute atomic E-state index is 11.1. The van der Waals surface area contributed by atoms with Gasteiger partial charge >= 0.3 is 0 Å². The van der Waals surface area contributed by atoms with Gasteiger partial charge in [-0.25, -0.2) is 0 Å². The van der Waals surface area contributed by atoms with Crippen LogP contribution in [0.3, 0.4) is 0 Å². The smallest absolute Gasteiger partial charge is 0.163 e. The Balaban J connectivity index is 1.60. The van der Waals surface area contributed by atoms with Gasteiger partial charge in [-0.1, -0.05) is 12.5 Å². The minimum absolute atomic E-state index is 0.146. The van der Waals surface area contributed by atoms with E-state index in [2.05, 4.69) is 9.88 Å². The van der Waals surface area contributed by atoms with Crippen LogP contribution in [0.5, 0.6) is 0 Å². The molecule has 4 atom stereocenters. The molecule has 3 fully saturated rings. The monoisotopic (exact) mass is 360 g/mol. The standard InChI is InChI=1S/C20H28N2O4/c1-20(2)24-13-16(26-20)19-18(23)17(22-9-4-3-5-10-22)15(25-19)11-14-7-6-8-21-12-14/h6-8,11-12,16-19,23H,3-5,9-10,13H2,1-2H3/b15-11-/t16?,17-,18+,19+/m0/s1. The van der Waals surface area contributed by atoms with E-state index in [1.54, 1.807) is 6.20 Å². The van der Waals surface area contributed by atoms with E-state index in [0.717, 1.165) is 37.3 Å². The topological polar surface area (TPSA) is 64.1 Å². The Kier molecular flexibility index (Phi) is 5.01. The molecular formula is C20H28N2O4. The summed E-state index contributed by atoms with van der Waals surface area (Å²) in [7, 11) is 0. The van der Waals surface area contributed by atoms with E-state index in [9.17, 15) is 5.11 Å². The Morgan fingerprint density at radius 2 is 2.08 bits per heavy atom. The summed E-state index contributed by atoms with van der Waals surface area (Å²) < 4.78 is 17.9. The fraction of sp³-hybridized carbons (Fsp3) is 0.650. The van der Waals surface area contributed by atoms with Crippen LogP contribution in [0, 0.1) is 0 Å². The van der Waals surface area contributed by atoms with Gasteiger partial charge in [0.2, 0.25) is 0 Å². The van der Waals surface area contributed by atoms with Gasteiger partial charge in [0, 0.05) is 12.4 Å². The predicted molar refractivity (Wildman–Crippen MR) is 97.2 cm³/mol. The van der Waals surface area contributed by atoms with Crippen molar-refractivity contribution in [2.75, 3.05) is 19.7 Å². The highest BCUT2D eigenvalue weighted by atomic mass is 16.8. The highest BCUT2D eigenvalue weighted by Crippen LogP contribution is 2.37. The molecule has 1 aromatic heterocycles. The summed E-state index contributed by atoms with van der Waals surface area (Å²) in [5.74, 6) is 0.162. The molecule has 3 aliphatic rings. The van der Waals surface area contributed by atoms with Crippen molar-refractivity contribution in [1.82, 2.24) is 9.88 Å². The first-order valence-electron chi connectivity index (χ1n) is 9.56. The summed E-state index contributed by atoms with van der Waals surface area (Å²) in [4.78, 5) is 6.52. The summed E-state index contributed by atoms with van der Waals surface area (Å²) in [5, 5.41) is 11.1. The number of nitrogens with zero attached hydrogens (tertiary/aromatic N) is 2. The van der Waals surface area contributed by atoms with Crippen molar-refractivity contribution in [2.24, 2.45) is 0 Å². The van der Waals surface area contributed by atoms with Crippen molar-refractivity contribution in [3.05, 3.63) is 35.8 Å². The lowest BCUT2D eigenvalue weighted by Gasteiger charge is -2.33. The van der Waals surface area contributed by atoms with Gasteiger partial charge in [0.05, 0.1) is 12.6 Å². The molecule has 0 bridgehead atoms. The normalized spacial score (nSPS) is 36.3. The number of hydrogen-bond donors (Lipinski definition) is 1. The van der Waals surface area contributed by atoms with E-state index in [1.165, 1.54) is 6.42 Å². The molecule has 6 nitrogen and oxygen atoms in total. The number of aliphatic hydroxyl groups excluding tert-OH is 1. The molecule has 3 aliphatic heterocycles. The fourth-order valence-electron chi connectivity index (χ4n) is 4.16. The molecule has 0 aliphatic carbocycles. The van der Waals surface area contributed by atoms with E-state index in [4.69, 9.17) is 14.2 Å². The minimum Gasteiger partial charge on any atom is -0.487 e. The molecule has 0 amide bonds. The van der Waals surface area contributed by atoms with Gasteiger partial charge in [0.25, 0.3) is 0 Å². The zero-order valence-electron chi connectivity index (χ0n) is 15.5. The van der Waals surface area contributed by atoms with Gasteiger partial charge in [0.15, 0.2) is 11.9 Å². The van der Waals surface area contributed by atoms with Crippen molar-refractivity contribution in [1.29, 1.82) is 0 Å². The van der Waals surface area contributed by atoms with Gasteiger partial charge in [-0.15, -0.1) is 0 Å². The molecule has 1 aromatic rings. The first-order chi connectivity index (χ1) is 12.5. The molecule has 4 rings (SSSR count). The summed E-state index contributed by atoms with van der Waals surface area (Å²) >= 11 is 0. The van der Waals surface area contributed by atoms with Crippen LogP contribution in [-0.4, -0.2) is 64.8 Å². The van der Waals surface area contributed by atoms with Gasteiger partial charge < -0.3 is 19.3 Å². The molecule has 1 N–H and O–H groups in total. The highest BCUT2D eigenvalue weighted by Gasteiger charge is 2.51. The molecular weight excluding hydrogens is 332 g/mol. The van der Waals surface area contributed by atoms with Crippen LogP contribution >= 0.6 is 0 Å². The van der Waals surface area contributed by atoms with Crippen LogP contribution < -0.4 is 0 Å². The molecule has 0 saturated carbocycles. The zero-order chi connectivity index (χ0) is 18.1. The molecule has 26 heavy (non-hydrogen) atoms. The van der Waals surface area contributed by atoms with E-state index >= 15 is 0 Å². The number of aromatic nitrogens is 1. The van der Waals surface area contributed by atoms with Gasteiger partial charge in [-0.2, -0.15) is 0 Å². The van der Waals surface area contributed by atoms with Crippen LogP contribution in [0.4, 0.5) is 0 Å². The SMILES string of the molecule is CC1(C)OCC([C@H]2O/C(=C\c3cccnc3)[C@H](N3CCCCC3)[C@H]2O)O1. The Bertz CT molecular complexity index is 642. The molecule has 0 spiro atoms. The molecule has 142 valence electrons. The first-order valence-corrected chi connectivity index (χ1v) is 9.56. The number of piperidine rings is 1. The van der Waals surface area contributed by atoms with Gasteiger partial charge in [-0.05, 0) is 57.5 Å². The number of hydrogen-bond acceptors (Lipinski definition) is 6. The van der Waals surface area contributed by atoms with E-state index < -0.39 is 18.0 Å². The van der Waals surface area contributed by atoms with Crippen molar-refractivity contribution in [3.8, 4) is 0 Å². The number of likely N-dealkylation sites (tertiary alicyclic amines) is 1. The third-order valence-electron chi connectivity index (χ3n) is 5.40. The maximum atomic E-state index is 11.1. The van der Waals surface area contributed by atoms with Crippen LogP contribution in [-0.2, 0) is 14.2 Å². The van der Waals surface area contributed by atoms with Crippen molar-refractivity contribution in [3.63, 3.8) is 0 Å². The van der Waals surface area contributed by atoms with E-state index in [0.29, 0.717) is 6.61 Å². The lowest BCUT2D eigenvalue weighted by atomic mass is 9.99.